The van der Waals surface area contributed by atoms with Crippen LogP contribution in [0.2, 0.25) is 0 Å². The summed E-state index contributed by atoms with van der Waals surface area (Å²) in [4.78, 5) is 9.32. The molecule has 0 amide bonds. The molecular formula is C20H25N3O2S. The highest BCUT2D eigenvalue weighted by Crippen LogP contribution is 2.34. The highest BCUT2D eigenvalue weighted by molar-refractivity contribution is 7.91. The molecule has 2 atom stereocenters. The molecule has 1 aromatic heterocycles. The van der Waals surface area contributed by atoms with Gasteiger partial charge in [0.1, 0.15) is 0 Å². The van der Waals surface area contributed by atoms with Crippen LogP contribution in [-0.2, 0) is 16.4 Å². The van der Waals surface area contributed by atoms with Gasteiger partial charge in [-0.15, -0.1) is 0 Å². The van der Waals surface area contributed by atoms with Crippen molar-refractivity contribution in [3.63, 3.8) is 0 Å². The SMILES string of the molecule is O=S1(=O)C[C@@H]2[C@H](C1)N(Cc1ccnc3ccccc13)CCN2CC1CC1. The Morgan fingerprint density at radius 3 is 2.54 bits per heavy atom. The van der Waals surface area contributed by atoms with Crippen molar-refractivity contribution in [2.45, 2.75) is 31.5 Å². The van der Waals surface area contributed by atoms with Crippen molar-refractivity contribution >= 4 is 20.7 Å². The van der Waals surface area contributed by atoms with E-state index in [-0.39, 0.29) is 12.1 Å². The van der Waals surface area contributed by atoms with Gasteiger partial charge in [-0.05, 0) is 36.5 Å². The molecule has 138 valence electrons. The second kappa shape index (κ2) is 6.29. The molecule has 3 aliphatic rings. The number of hydrogen-bond donors (Lipinski definition) is 0. The molecule has 2 saturated heterocycles. The summed E-state index contributed by atoms with van der Waals surface area (Å²) in [6.07, 6.45) is 4.49. The van der Waals surface area contributed by atoms with Crippen molar-refractivity contribution in [1.82, 2.24) is 14.8 Å². The summed E-state index contributed by atoms with van der Waals surface area (Å²) in [6, 6.07) is 10.6. The van der Waals surface area contributed by atoms with E-state index in [9.17, 15) is 8.42 Å². The number of nitrogens with zero attached hydrogens (tertiary/aromatic N) is 3. The van der Waals surface area contributed by atoms with Gasteiger partial charge in [-0.1, -0.05) is 18.2 Å². The van der Waals surface area contributed by atoms with E-state index in [1.54, 1.807) is 0 Å². The quantitative estimate of drug-likeness (QED) is 0.822. The lowest BCUT2D eigenvalue weighted by Crippen LogP contribution is -2.59. The van der Waals surface area contributed by atoms with Crippen molar-refractivity contribution in [3.05, 3.63) is 42.1 Å². The number of fused-ring (bicyclic) bond motifs is 2. The lowest BCUT2D eigenvalue weighted by atomic mass is 10.0. The molecule has 0 N–H and O–H groups in total. The van der Waals surface area contributed by atoms with Crippen LogP contribution in [0.5, 0.6) is 0 Å². The molecule has 5 rings (SSSR count). The Morgan fingerprint density at radius 1 is 1.00 bits per heavy atom. The van der Waals surface area contributed by atoms with Crippen LogP contribution in [-0.4, -0.2) is 66.4 Å². The molecule has 0 spiro atoms. The van der Waals surface area contributed by atoms with Crippen LogP contribution in [0.1, 0.15) is 18.4 Å². The molecule has 1 aliphatic carbocycles. The molecule has 2 aromatic rings. The minimum atomic E-state index is -2.94. The average Bonchev–Trinajstić information content (AvgIpc) is 3.37. The van der Waals surface area contributed by atoms with Crippen LogP contribution >= 0.6 is 0 Å². The number of sulfone groups is 1. The van der Waals surface area contributed by atoms with E-state index >= 15 is 0 Å². The Morgan fingerprint density at radius 2 is 1.73 bits per heavy atom. The Kier molecular flexibility index (Phi) is 4.03. The fourth-order valence-corrected chi connectivity index (χ4v) is 6.71. The van der Waals surface area contributed by atoms with Gasteiger partial charge in [0.2, 0.25) is 0 Å². The zero-order valence-electron chi connectivity index (χ0n) is 14.9. The molecular weight excluding hydrogens is 346 g/mol. The lowest BCUT2D eigenvalue weighted by molar-refractivity contribution is 0.0379. The number of piperazine rings is 1. The third-order valence-corrected chi connectivity index (χ3v) is 7.91. The topological polar surface area (TPSA) is 53.5 Å². The number of para-hydroxylation sites is 1. The van der Waals surface area contributed by atoms with Gasteiger partial charge in [-0.3, -0.25) is 14.8 Å². The van der Waals surface area contributed by atoms with E-state index < -0.39 is 9.84 Å². The third-order valence-electron chi connectivity index (χ3n) is 6.21. The summed E-state index contributed by atoms with van der Waals surface area (Å²) in [5.41, 5.74) is 2.25. The maximum atomic E-state index is 12.4. The van der Waals surface area contributed by atoms with Gasteiger partial charge in [0.25, 0.3) is 0 Å². The molecule has 1 saturated carbocycles. The predicted molar refractivity (Wildman–Crippen MR) is 103 cm³/mol. The molecule has 2 aliphatic heterocycles. The fourth-order valence-electron chi connectivity index (χ4n) is 4.66. The van der Waals surface area contributed by atoms with E-state index in [1.807, 2.05) is 24.4 Å². The van der Waals surface area contributed by atoms with Crippen molar-refractivity contribution in [2.24, 2.45) is 5.92 Å². The summed E-state index contributed by atoms with van der Waals surface area (Å²) in [5.74, 6) is 1.44. The van der Waals surface area contributed by atoms with E-state index in [0.29, 0.717) is 11.5 Å². The number of benzene rings is 1. The van der Waals surface area contributed by atoms with Crippen molar-refractivity contribution < 1.29 is 8.42 Å². The largest absolute Gasteiger partial charge is 0.296 e. The first kappa shape index (κ1) is 16.7. The molecule has 3 heterocycles. The van der Waals surface area contributed by atoms with Gasteiger partial charge in [-0.25, -0.2) is 8.42 Å². The van der Waals surface area contributed by atoms with Crippen LogP contribution in [0.4, 0.5) is 0 Å². The molecule has 1 aromatic carbocycles. The first-order valence-electron chi connectivity index (χ1n) is 9.60. The van der Waals surface area contributed by atoms with Gasteiger partial charge in [-0.2, -0.15) is 0 Å². The molecule has 5 nitrogen and oxygen atoms in total. The van der Waals surface area contributed by atoms with Crippen LogP contribution in [0.25, 0.3) is 10.9 Å². The van der Waals surface area contributed by atoms with E-state index in [4.69, 9.17) is 0 Å². The van der Waals surface area contributed by atoms with Crippen LogP contribution in [0.3, 0.4) is 0 Å². The van der Waals surface area contributed by atoms with Gasteiger partial charge in [0.05, 0.1) is 17.0 Å². The van der Waals surface area contributed by atoms with Gasteiger partial charge in [0.15, 0.2) is 9.84 Å². The number of rotatable bonds is 4. The summed E-state index contributed by atoms with van der Waals surface area (Å²) in [6.45, 7) is 3.82. The van der Waals surface area contributed by atoms with Crippen molar-refractivity contribution in [2.75, 3.05) is 31.1 Å². The minimum absolute atomic E-state index is 0.124. The van der Waals surface area contributed by atoms with Crippen LogP contribution in [0.15, 0.2) is 36.5 Å². The van der Waals surface area contributed by atoms with Crippen LogP contribution in [0, 0.1) is 5.92 Å². The average molecular weight is 372 g/mol. The highest BCUT2D eigenvalue weighted by Gasteiger charge is 2.47. The van der Waals surface area contributed by atoms with E-state index in [2.05, 4.69) is 26.9 Å². The second-order valence-electron chi connectivity index (χ2n) is 8.11. The summed E-state index contributed by atoms with van der Waals surface area (Å²) in [5, 5.41) is 1.17. The number of aromatic nitrogens is 1. The fraction of sp³-hybridized carbons (Fsp3) is 0.550. The maximum absolute atomic E-state index is 12.4. The summed E-state index contributed by atoms with van der Waals surface area (Å²) >= 11 is 0. The molecule has 26 heavy (non-hydrogen) atoms. The summed E-state index contributed by atoms with van der Waals surface area (Å²) in [7, 11) is -2.94. The Labute approximate surface area is 154 Å². The maximum Gasteiger partial charge on any atom is 0.153 e. The Bertz CT molecular complexity index is 920. The first-order valence-corrected chi connectivity index (χ1v) is 11.4. The molecule has 0 bridgehead atoms. The predicted octanol–water partition coefficient (Wildman–Crippen LogP) is 1.93. The molecule has 0 unspecified atom stereocenters. The van der Waals surface area contributed by atoms with Crippen LogP contribution < -0.4 is 0 Å². The number of pyridine rings is 1. The van der Waals surface area contributed by atoms with E-state index in [0.717, 1.165) is 37.6 Å². The molecule has 6 heteroatoms. The smallest absolute Gasteiger partial charge is 0.153 e. The second-order valence-corrected chi connectivity index (χ2v) is 10.3. The lowest BCUT2D eigenvalue weighted by Gasteiger charge is -2.44. The minimum Gasteiger partial charge on any atom is -0.296 e. The zero-order valence-corrected chi connectivity index (χ0v) is 15.7. The van der Waals surface area contributed by atoms with E-state index in [1.165, 1.54) is 23.8 Å². The third kappa shape index (κ3) is 3.15. The first-order chi connectivity index (χ1) is 12.6. The van der Waals surface area contributed by atoms with Gasteiger partial charge in [0, 0.05) is 49.8 Å². The van der Waals surface area contributed by atoms with Gasteiger partial charge >= 0.3 is 0 Å². The van der Waals surface area contributed by atoms with Gasteiger partial charge < -0.3 is 0 Å². The standard InChI is InChI=1S/C20H25N3O2S/c24-26(25)13-19-20(14-26)23(10-9-22(19)11-15-5-6-15)12-16-7-8-21-18-4-2-1-3-17(16)18/h1-4,7-8,15,19-20H,5-6,9-14H2/t19-,20+/m1/s1. The molecule has 0 radical (unpaired) electrons. The number of hydrogen-bond acceptors (Lipinski definition) is 5. The Balaban J connectivity index is 1.42. The van der Waals surface area contributed by atoms with Crippen molar-refractivity contribution in [3.8, 4) is 0 Å². The Hall–Kier alpha value is -1.50. The normalized spacial score (nSPS) is 29.1. The monoisotopic (exact) mass is 371 g/mol. The zero-order chi connectivity index (χ0) is 17.7. The summed E-state index contributed by atoms with van der Waals surface area (Å²) < 4.78 is 24.8. The van der Waals surface area contributed by atoms with Crippen molar-refractivity contribution in [1.29, 1.82) is 0 Å². The molecule has 3 fully saturated rings. The highest BCUT2D eigenvalue weighted by atomic mass is 32.2.